The Morgan fingerprint density at radius 1 is 1.35 bits per heavy atom. The third-order valence-corrected chi connectivity index (χ3v) is 2.58. The molecule has 0 aromatic heterocycles. The predicted molar refractivity (Wildman–Crippen MR) is 63.6 cm³/mol. The van der Waals surface area contributed by atoms with Gasteiger partial charge in [0.2, 0.25) is 0 Å². The Hall–Kier alpha value is -1.75. The van der Waals surface area contributed by atoms with Crippen molar-refractivity contribution in [2.75, 3.05) is 20.8 Å². The summed E-state index contributed by atoms with van der Waals surface area (Å²) in [5, 5.41) is 8.87. The molecule has 5 heteroatoms. The van der Waals surface area contributed by atoms with Gasteiger partial charge >= 0.3 is 5.97 Å². The third-order valence-electron chi connectivity index (χ3n) is 2.58. The lowest BCUT2D eigenvalue weighted by Crippen LogP contribution is -2.17. The predicted octanol–water partition coefficient (Wildman–Crippen LogP) is 1.22. The number of carboxylic acids is 1. The van der Waals surface area contributed by atoms with Crippen molar-refractivity contribution in [3.8, 4) is 11.5 Å². The first-order chi connectivity index (χ1) is 8.13. The molecule has 94 valence electrons. The summed E-state index contributed by atoms with van der Waals surface area (Å²) in [6, 6.07) is 5.32. The van der Waals surface area contributed by atoms with E-state index in [1.165, 1.54) is 14.2 Å². The minimum absolute atomic E-state index is 0.0484. The van der Waals surface area contributed by atoms with E-state index in [1.54, 1.807) is 18.2 Å². The Morgan fingerprint density at radius 3 is 2.24 bits per heavy atom. The second-order valence-electron chi connectivity index (χ2n) is 3.61. The van der Waals surface area contributed by atoms with E-state index in [9.17, 15) is 4.79 Å². The molecule has 0 saturated heterocycles. The second-order valence-corrected chi connectivity index (χ2v) is 3.61. The zero-order valence-electron chi connectivity index (χ0n) is 9.97. The van der Waals surface area contributed by atoms with Crippen molar-refractivity contribution in [3.05, 3.63) is 23.8 Å². The average molecular weight is 239 g/mol. The highest BCUT2D eigenvalue weighted by Gasteiger charge is 2.22. The fourth-order valence-electron chi connectivity index (χ4n) is 1.80. The number of carboxylic acid groups (broad SMARTS) is 1. The van der Waals surface area contributed by atoms with Gasteiger partial charge in [-0.15, -0.1) is 0 Å². The van der Waals surface area contributed by atoms with Crippen LogP contribution >= 0.6 is 0 Å². The number of rotatable bonds is 6. The Morgan fingerprint density at radius 2 is 1.88 bits per heavy atom. The number of ether oxygens (including phenoxy) is 2. The zero-order chi connectivity index (χ0) is 12.8. The number of aliphatic carboxylic acids is 1. The van der Waals surface area contributed by atoms with E-state index in [-0.39, 0.29) is 18.9 Å². The number of carbonyl (C=O) groups is 1. The van der Waals surface area contributed by atoms with Crippen LogP contribution in [0.15, 0.2) is 18.2 Å². The van der Waals surface area contributed by atoms with Crippen LogP contribution in [-0.2, 0) is 4.79 Å². The van der Waals surface area contributed by atoms with Crippen LogP contribution in [0.1, 0.15) is 17.9 Å². The van der Waals surface area contributed by atoms with Crippen LogP contribution in [0, 0.1) is 0 Å². The first-order valence-electron chi connectivity index (χ1n) is 5.26. The van der Waals surface area contributed by atoms with Gasteiger partial charge in [0.05, 0.1) is 20.6 Å². The van der Waals surface area contributed by atoms with Crippen molar-refractivity contribution in [1.29, 1.82) is 0 Å². The fraction of sp³-hybridized carbons (Fsp3) is 0.417. The quantitative estimate of drug-likeness (QED) is 0.780. The Bertz CT molecular complexity index is 370. The smallest absolute Gasteiger partial charge is 0.304 e. The molecule has 1 aromatic carbocycles. The van der Waals surface area contributed by atoms with Crippen molar-refractivity contribution in [3.63, 3.8) is 0 Å². The lowest BCUT2D eigenvalue weighted by molar-refractivity contribution is -0.137. The molecule has 5 nitrogen and oxygen atoms in total. The highest BCUT2D eigenvalue weighted by atomic mass is 16.5. The molecule has 1 atom stereocenters. The first kappa shape index (κ1) is 13.3. The van der Waals surface area contributed by atoms with E-state index in [0.717, 1.165) is 0 Å². The van der Waals surface area contributed by atoms with Crippen LogP contribution in [0.5, 0.6) is 11.5 Å². The minimum Gasteiger partial charge on any atom is -0.496 e. The van der Waals surface area contributed by atoms with Crippen molar-refractivity contribution < 1.29 is 19.4 Å². The van der Waals surface area contributed by atoms with E-state index < -0.39 is 5.97 Å². The summed E-state index contributed by atoms with van der Waals surface area (Å²) in [4.78, 5) is 10.8. The largest absolute Gasteiger partial charge is 0.496 e. The molecule has 0 amide bonds. The van der Waals surface area contributed by atoms with Crippen LogP contribution in [0.3, 0.4) is 0 Å². The monoisotopic (exact) mass is 239 g/mol. The van der Waals surface area contributed by atoms with Crippen molar-refractivity contribution in [1.82, 2.24) is 0 Å². The van der Waals surface area contributed by atoms with E-state index in [2.05, 4.69) is 0 Å². The fourth-order valence-corrected chi connectivity index (χ4v) is 1.80. The molecule has 0 saturated carbocycles. The van der Waals surface area contributed by atoms with Gasteiger partial charge in [0.25, 0.3) is 0 Å². The summed E-state index contributed by atoms with van der Waals surface area (Å²) in [5.41, 5.74) is 6.34. The Labute approximate surface area is 100 Å². The molecule has 0 fully saturated rings. The third kappa shape index (κ3) is 3.10. The second kappa shape index (κ2) is 6.10. The maximum Gasteiger partial charge on any atom is 0.304 e. The summed E-state index contributed by atoms with van der Waals surface area (Å²) >= 11 is 0. The molecule has 0 heterocycles. The number of methoxy groups -OCH3 is 2. The van der Waals surface area contributed by atoms with Crippen LogP contribution in [0.4, 0.5) is 0 Å². The molecule has 0 aliphatic rings. The maximum atomic E-state index is 10.8. The van der Waals surface area contributed by atoms with Crippen molar-refractivity contribution >= 4 is 5.97 Å². The maximum absolute atomic E-state index is 10.8. The van der Waals surface area contributed by atoms with Crippen molar-refractivity contribution in [2.45, 2.75) is 12.3 Å². The molecule has 0 aliphatic heterocycles. The summed E-state index contributed by atoms with van der Waals surface area (Å²) in [7, 11) is 3.07. The average Bonchev–Trinajstić information content (AvgIpc) is 2.34. The van der Waals surface area contributed by atoms with Crippen molar-refractivity contribution in [2.24, 2.45) is 5.73 Å². The van der Waals surface area contributed by atoms with Crippen LogP contribution in [0.25, 0.3) is 0 Å². The first-order valence-corrected chi connectivity index (χ1v) is 5.26. The van der Waals surface area contributed by atoms with Gasteiger partial charge in [-0.1, -0.05) is 6.07 Å². The summed E-state index contributed by atoms with van der Waals surface area (Å²) in [6.45, 7) is 0.225. The SMILES string of the molecule is COc1cccc(OC)c1C(CN)CC(=O)O. The van der Waals surface area contributed by atoms with Crippen LogP contribution < -0.4 is 15.2 Å². The Kier molecular flexibility index (Phi) is 4.78. The van der Waals surface area contributed by atoms with Gasteiger partial charge < -0.3 is 20.3 Å². The van der Waals surface area contributed by atoms with Gasteiger partial charge in [0.15, 0.2) is 0 Å². The highest BCUT2D eigenvalue weighted by molar-refractivity contribution is 5.69. The molecule has 3 N–H and O–H groups in total. The summed E-state index contributed by atoms with van der Waals surface area (Å²) in [5.74, 6) is -0.0193. The molecular formula is C12H17NO4. The summed E-state index contributed by atoms with van der Waals surface area (Å²) < 4.78 is 10.4. The number of benzene rings is 1. The number of hydrogen-bond acceptors (Lipinski definition) is 4. The highest BCUT2D eigenvalue weighted by Crippen LogP contribution is 2.36. The van der Waals surface area contributed by atoms with Gasteiger partial charge in [-0.25, -0.2) is 0 Å². The molecule has 0 aliphatic carbocycles. The topological polar surface area (TPSA) is 81.8 Å². The molecule has 0 bridgehead atoms. The van der Waals surface area contributed by atoms with Gasteiger partial charge in [0.1, 0.15) is 11.5 Å². The lowest BCUT2D eigenvalue weighted by atomic mass is 9.94. The molecule has 17 heavy (non-hydrogen) atoms. The lowest BCUT2D eigenvalue weighted by Gasteiger charge is -2.19. The van der Waals surface area contributed by atoms with E-state index in [0.29, 0.717) is 17.1 Å². The van der Waals surface area contributed by atoms with E-state index in [4.69, 9.17) is 20.3 Å². The van der Waals surface area contributed by atoms with Gasteiger partial charge in [-0.2, -0.15) is 0 Å². The molecule has 1 unspecified atom stereocenters. The molecular weight excluding hydrogens is 222 g/mol. The van der Waals surface area contributed by atoms with E-state index >= 15 is 0 Å². The summed E-state index contributed by atoms with van der Waals surface area (Å²) in [6.07, 6.45) is -0.0484. The van der Waals surface area contributed by atoms with Gasteiger partial charge in [0, 0.05) is 18.0 Å². The van der Waals surface area contributed by atoms with Crippen LogP contribution in [0.2, 0.25) is 0 Å². The Balaban J connectivity index is 3.18. The molecule has 0 spiro atoms. The molecule has 1 rings (SSSR count). The standard InChI is InChI=1S/C12H17NO4/c1-16-9-4-3-5-10(17-2)12(9)8(7-13)6-11(14)15/h3-5,8H,6-7,13H2,1-2H3,(H,14,15). The number of nitrogens with two attached hydrogens (primary N) is 1. The molecule has 0 radical (unpaired) electrons. The van der Waals surface area contributed by atoms with Gasteiger partial charge in [-0.3, -0.25) is 4.79 Å². The van der Waals surface area contributed by atoms with Crippen LogP contribution in [-0.4, -0.2) is 31.8 Å². The minimum atomic E-state index is -0.895. The van der Waals surface area contributed by atoms with Gasteiger partial charge in [-0.05, 0) is 12.1 Å². The zero-order valence-corrected chi connectivity index (χ0v) is 9.97. The molecule has 1 aromatic rings. The normalized spacial score (nSPS) is 11.9. The van der Waals surface area contributed by atoms with E-state index in [1.807, 2.05) is 0 Å². The number of hydrogen-bond donors (Lipinski definition) is 2.